The number of thiazole rings is 1. The van der Waals surface area contributed by atoms with Crippen LogP contribution >= 0.6 is 22.9 Å². The molecule has 4 aliphatic rings. The Hall–Kier alpha value is -5.49. The lowest BCUT2D eigenvalue weighted by Gasteiger charge is -2.37. The summed E-state index contributed by atoms with van der Waals surface area (Å²) in [6, 6.07) is 1.90. The van der Waals surface area contributed by atoms with E-state index in [-0.39, 0.29) is 63.4 Å². The summed E-state index contributed by atoms with van der Waals surface area (Å²) in [4.78, 5) is 85.2. The lowest BCUT2D eigenvalue weighted by Crippen LogP contribution is -2.62. The van der Waals surface area contributed by atoms with Crippen molar-refractivity contribution in [3.05, 3.63) is 51.9 Å². The largest absolute Gasteiger partial charge is 0.464 e. The Labute approximate surface area is 453 Å². The lowest BCUT2D eigenvalue weighted by atomic mass is 9.84. The first-order valence-corrected chi connectivity index (χ1v) is 27.4. The van der Waals surface area contributed by atoms with E-state index in [4.69, 9.17) is 31.0 Å². The van der Waals surface area contributed by atoms with Gasteiger partial charge in [-0.15, -0.1) is 11.3 Å². The van der Waals surface area contributed by atoms with Gasteiger partial charge in [0.2, 0.25) is 11.8 Å². The van der Waals surface area contributed by atoms with Gasteiger partial charge in [0.15, 0.2) is 0 Å². The predicted octanol–water partition coefficient (Wildman–Crippen LogP) is 6.89. The van der Waals surface area contributed by atoms with Gasteiger partial charge in [0.1, 0.15) is 23.9 Å². The zero-order valence-electron chi connectivity index (χ0n) is 44.6. The highest BCUT2D eigenvalue weighted by Crippen LogP contribution is 2.44. The Morgan fingerprint density at radius 2 is 1.78 bits per heavy atom. The number of cyclic esters (lactones) is 1. The number of carbonyl (C=O) groups is 5. The molecule has 77 heavy (non-hydrogen) atoms. The third kappa shape index (κ3) is 12.7. The smallest absolute Gasteiger partial charge is 0.401 e. The van der Waals surface area contributed by atoms with Gasteiger partial charge < -0.3 is 34.1 Å². The number of aromatic nitrogens is 3. The minimum atomic E-state index is -4.32. The van der Waals surface area contributed by atoms with E-state index in [0.29, 0.717) is 71.8 Å². The van der Waals surface area contributed by atoms with Crippen LogP contribution in [-0.4, -0.2) is 167 Å². The second-order valence-corrected chi connectivity index (χ2v) is 23.0. The highest BCUT2D eigenvalue weighted by Gasteiger charge is 2.42. The lowest BCUT2D eigenvalue weighted by molar-refractivity contribution is -0.155. The zero-order chi connectivity index (χ0) is 55.8. The number of aryl methyl sites for hydroxylation is 1. The first-order valence-electron chi connectivity index (χ1n) is 26.1. The summed E-state index contributed by atoms with van der Waals surface area (Å²) in [7, 11) is 3.04. The Bertz CT molecular complexity index is 2860. The van der Waals surface area contributed by atoms with Crippen molar-refractivity contribution in [2.75, 3.05) is 78.0 Å². The number of nitrogens with zero attached hydrogens (tertiary/aromatic N) is 8. The monoisotopic (exact) mass is 1120 g/mol. The first kappa shape index (κ1) is 57.7. The normalized spacial score (nSPS) is 22.0. The van der Waals surface area contributed by atoms with E-state index in [9.17, 15) is 41.5 Å². The number of hydrogen-bond acceptors (Lipinski definition) is 13. The molecule has 8 rings (SSSR count). The minimum absolute atomic E-state index is 0.0543. The van der Waals surface area contributed by atoms with Crippen molar-refractivity contribution in [2.24, 2.45) is 17.3 Å². The van der Waals surface area contributed by atoms with Gasteiger partial charge in [-0.1, -0.05) is 39.3 Å². The molecule has 6 bridgehead atoms. The summed E-state index contributed by atoms with van der Waals surface area (Å²) < 4.78 is 84.7. The molecule has 3 aromatic heterocycles. The molecule has 6 atom stereocenters. The molecule has 420 valence electrons. The summed E-state index contributed by atoms with van der Waals surface area (Å²) in [5.41, 5.74) is 4.60. The maximum absolute atomic E-state index is 17.0. The number of halogens is 6. The van der Waals surface area contributed by atoms with Crippen LogP contribution in [0.4, 0.5) is 27.6 Å². The molecule has 7 heterocycles. The number of esters is 1. The number of carbonyl (C=O) groups excluding carboxylic acids is 5. The summed E-state index contributed by atoms with van der Waals surface area (Å²) in [6.07, 6.45) is -1.95. The number of benzene rings is 1. The minimum Gasteiger partial charge on any atom is -0.464 e. The van der Waals surface area contributed by atoms with E-state index in [1.165, 1.54) is 44.2 Å². The van der Waals surface area contributed by atoms with Crippen LogP contribution in [0.1, 0.15) is 83.2 Å². The van der Waals surface area contributed by atoms with Crippen LogP contribution in [0.25, 0.3) is 33.4 Å². The van der Waals surface area contributed by atoms with E-state index in [1.807, 2.05) is 43.2 Å². The summed E-state index contributed by atoms with van der Waals surface area (Å²) in [5, 5.41) is 6.96. The van der Waals surface area contributed by atoms with E-state index < -0.39 is 95.2 Å². The Kier molecular flexibility index (Phi) is 17.6. The van der Waals surface area contributed by atoms with Crippen LogP contribution in [0.2, 0.25) is 0 Å². The van der Waals surface area contributed by atoms with Crippen LogP contribution in [0.5, 0.6) is 0 Å². The highest BCUT2D eigenvalue weighted by atomic mass is 35.5. The van der Waals surface area contributed by atoms with Crippen molar-refractivity contribution in [3.63, 3.8) is 0 Å². The molecule has 4 aromatic rings. The molecule has 0 saturated carbocycles. The number of pyridine rings is 1. The number of hydrazine groups is 1. The standard InChI is InChI=1S/C53H68ClF5N10O7S/c1-9-68-41-21-37(55)34-20-33(41)36(45(68)35-19-32(24-60-43(35)30(4)75-8)66-17-15-65(16-18-66)27-53(57,58)59)23-52(5,6)28-76-51(74)38-11-10-13-69(63-38)49(72)39(22-42-61-40(34)26-77-42)62-47(70)44(29(2)3)64(7)48(71)31-12-14-67(25-31)50(73)46(54)56/h19-21,24,26,29-31,38-39,44,46,63H,9-18,22-23,25,27-28H2,1-8H3,(H,62,70)/t30-,31-,38-,39-,44-,46-/m0/s1. The van der Waals surface area contributed by atoms with Gasteiger partial charge in [-0.2, -0.15) is 13.2 Å². The number of methoxy groups -OCH3 is 1. The van der Waals surface area contributed by atoms with Crippen molar-refractivity contribution in [1.82, 2.24) is 45.0 Å². The van der Waals surface area contributed by atoms with E-state index in [0.717, 1.165) is 11.3 Å². The Morgan fingerprint density at radius 1 is 1.05 bits per heavy atom. The molecule has 1 aromatic carbocycles. The van der Waals surface area contributed by atoms with Crippen LogP contribution in [-0.2, 0) is 52.8 Å². The van der Waals surface area contributed by atoms with Gasteiger partial charge in [0.05, 0.1) is 64.7 Å². The van der Waals surface area contributed by atoms with Gasteiger partial charge in [-0.05, 0) is 69.2 Å². The predicted molar refractivity (Wildman–Crippen MR) is 281 cm³/mol. The molecular formula is C53H68ClF5N10O7S. The van der Waals surface area contributed by atoms with Crippen molar-refractivity contribution in [1.29, 1.82) is 0 Å². The molecule has 3 fully saturated rings. The fraction of sp³-hybridized carbons (Fsp3) is 0.604. The average molecular weight is 1120 g/mol. The van der Waals surface area contributed by atoms with Crippen molar-refractivity contribution >= 4 is 69.1 Å². The second kappa shape index (κ2) is 23.5. The maximum atomic E-state index is 17.0. The molecule has 0 radical (unpaired) electrons. The molecule has 0 aliphatic carbocycles. The number of likely N-dealkylation sites (N-methyl/N-ethyl adjacent to an activating group) is 1. The summed E-state index contributed by atoms with van der Waals surface area (Å²) in [5.74, 6) is -4.96. The van der Waals surface area contributed by atoms with E-state index in [2.05, 4.69) is 10.7 Å². The van der Waals surface area contributed by atoms with Crippen LogP contribution in [0, 0.1) is 23.1 Å². The number of piperazine rings is 1. The van der Waals surface area contributed by atoms with Crippen LogP contribution < -0.4 is 15.6 Å². The van der Waals surface area contributed by atoms with Gasteiger partial charge >= 0.3 is 12.1 Å². The van der Waals surface area contributed by atoms with Crippen LogP contribution in [0.3, 0.4) is 0 Å². The number of amides is 4. The number of fused-ring (bicyclic) bond motifs is 6. The third-order valence-electron chi connectivity index (χ3n) is 15.1. The molecule has 4 amide bonds. The number of ether oxygens (including phenoxy) is 2. The number of alkyl halides is 5. The SMILES string of the molecule is CCn1c(-c2cc(N3CCN(CC(F)(F)F)CC3)cnc2[C@H](C)OC)c2c3cc(c(F)cc31)-c1csc(n1)C[C@H](NC(=O)[C@H](C(C)C)N(C)C(=O)[C@H]1CCN(C(=O)[C@H](F)Cl)C1)C(=O)N1CCC[C@H](N1)C(=O)OCC(C)(C)C2. The zero-order valence-corrected chi connectivity index (χ0v) is 46.2. The molecule has 4 aliphatic heterocycles. The molecule has 3 saturated heterocycles. The number of rotatable bonds is 12. The summed E-state index contributed by atoms with van der Waals surface area (Å²) in [6.45, 7) is 11.9. The first-order chi connectivity index (χ1) is 36.4. The third-order valence-corrected chi connectivity index (χ3v) is 16.2. The number of hydrogen-bond donors (Lipinski definition) is 2. The van der Waals surface area contributed by atoms with Crippen molar-refractivity contribution in [2.45, 2.75) is 116 Å². The van der Waals surface area contributed by atoms with E-state index in [1.54, 1.807) is 38.6 Å². The number of anilines is 1. The molecule has 17 nitrogen and oxygen atoms in total. The fourth-order valence-corrected chi connectivity index (χ4v) is 12.1. The number of likely N-dealkylation sites (tertiary alicyclic amines) is 1. The topological polar surface area (TPSA) is 175 Å². The second-order valence-electron chi connectivity index (χ2n) is 21.7. The highest BCUT2D eigenvalue weighted by molar-refractivity contribution is 7.10. The van der Waals surface area contributed by atoms with Gasteiger partial charge in [-0.3, -0.25) is 38.9 Å². The Balaban J connectivity index is 1.19. The van der Waals surface area contributed by atoms with Crippen molar-refractivity contribution in [3.8, 4) is 22.5 Å². The van der Waals surface area contributed by atoms with Gasteiger partial charge in [0.25, 0.3) is 17.4 Å². The molecular weight excluding hydrogens is 1050 g/mol. The molecule has 0 spiro atoms. The Morgan fingerprint density at radius 3 is 2.44 bits per heavy atom. The maximum Gasteiger partial charge on any atom is 0.401 e. The molecule has 0 unspecified atom stereocenters. The summed E-state index contributed by atoms with van der Waals surface area (Å²) >= 11 is 6.58. The van der Waals surface area contributed by atoms with Gasteiger partial charge in [0, 0.05) is 100 Å². The fourth-order valence-electron chi connectivity index (χ4n) is 11.1. The molecule has 2 N–H and O–H groups in total. The quantitative estimate of drug-likeness (QED) is 0.0856. The van der Waals surface area contributed by atoms with Crippen LogP contribution in [0.15, 0.2) is 29.8 Å². The van der Waals surface area contributed by atoms with Gasteiger partial charge in [-0.25, -0.2) is 19.2 Å². The molecule has 24 heteroatoms. The van der Waals surface area contributed by atoms with E-state index >= 15 is 4.39 Å². The van der Waals surface area contributed by atoms with Crippen molar-refractivity contribution < 1.29 is 55.4 Å². The average Bonchev–Trinajstić information content (AvgIpc) is 4.19. The number of nitrogens with one attached hydrogen (secondary N) is 2.